The molecule has 0 fully saturated rings. The number of hydrogen-bond acceptors (Lipinski definition) is 2. The predicted octanol–water partition coefficient (Wildman–Crippen LogP) is 4.24. The standard InChI is InChI=1S/C17H20F3NOS/c1-3-13(4-2)12-23-15-9-5-7-14(11-15)8-6-10-21-16(22)17(18,19)20/h5,7,9,11,13H,3-4,10,12H2,1-2H3,(H,21,22). The Morgan fingerprint density at radius 1 is 1.30 bits per heavy atom. The molecule has 0 saturated heterocycles. The lowest BCUT2D eigenvalue weighted by Gasteiger charge is -2.11. The Labute approximate surface area is 139 Å². The van der Waals surface area contributed by atoms with Crippen LogP contribution in [0.2, 0.25) is 0 Å². The number of alkyl halides is 3. The minimum Gasteiger partial charge on any atom is -0.337 e. The molecular weight excluding hydrogens is 323 g/mol. The molecule has 0 spiro atoms. The molecule has 126 valence electrons. The molecule has 0 aromatic heterocycles. The summed E-state index contributed by atoms with van der Waals surface area (Å²) in [4.78, 5) is 11.7. The van der Waals surface area contributed by atoms with Gasteiger partial charge in [0.25, 0.3) is 0 Å². The van der Waals surface area contributed by atoms with Crippen molar-refractivity contribution in [1.29, 1.82) is 0 Å². The van der Waals surface area contributed by atoms with Gasteiger partial charge >= 0.3 is 12.1 Å². The highest BCUT2D eigenvalue weighted by Gasteiger charge is 2.38. The van der Waals surface area contributed by atoms with Crippen LogP contribution in [0.15, 0.2) is 29.2 Å². The van der Waals surface area contributed by atoms with Gasteiger partial charge in [0, 0.05) is 16.2 Å². The number of benzene rings is 1. The Morgan fingerprint density at radius 2 is 2.00 bits per heavy atom. The fraction of sp³-hybridized carbons (Fsp3) is 0.471. The van der Waals surface area contributed by atoms with Gasteiger partial charge in [-0.2, -0.15) is 13.2 Å². The molecule has 1 aromatic rings. The van der Waals surface area contributed by atoms with Crippen LogP contribution in [0, 0.1) is 17.8 Å². The normalized spacial score (nSPS) is 11.0. The fourth-order valence-corrected chi connectivity index (χ4v) is 3.06. The lowest BCUT2D eigenvalue weighted by Crippen LogP contribution is -2.36. The van der Waals surface area contributed by atoms with Gasteiger partial charge in [0.15, 0.2) is 0 Å². The summed E-state index contributed by atoms with van der Waals surface area (Å²) in [7, 11) is 0. The zero-order valence-corrected chi connectivity index (χ0v) is 14.0. The molecule has 0 aliphatic heterocycles. The topological polar surface area (TPSA) is 29.1 Å². The Hall–Kier alpha value is -1.61. The van der Waals surface area contributed by atoms with Crippen LogP contribution in [0.4, 0.5) is 13.2 Å². The Balaban J connectivity index is 2.54. The van der Waals surface area contributed by atoms with Crippen LogP contribution in [-0.2, 0) is 4.79 Å². The third-order valence-electron chi connectivity index (χ3n) is 3.30. The molecule has 1 amide bonds. The number of hydrogen-bond donors (Lipinski definition) is 1. The highest BCUT2D eigenvalue weighted by molar-refractivity contribution is 7.99. The van der Waals surface area contributed by atoms with Gasteiger partial charge in [-0.3, -0.25) is 4.79 Å². The molecule has 0 atom stereocenters. The lowest BCUT2D eigenvalue weighted by molar-refractivity contribution is -0.173. The third kappa shape index (κ3) is 7.47. The second kappa shape index (κ2) is 9.51. The molecule has 23 heavy (non-hydrogen) atoms. The summed E-state index contributed by atoms with van der Waals surface area (Å²) in [6.45, 7) is 4.02. The molecule has 0 saturated carbocycles. The average Bonchev–Trinajstić information content (AvgIpc) is 2.52. The van der Waals surface area contributed by atoms with E-state index >= 15 is 0 Å². The monoisotopic (exact) mass is 343 g/mol. The van der Waals surface area contributed by atoms with E-state index < -0.39 is 12.1 Å². The smallest absolute Gasteiger partial charge is 0.337 e. The highest BCUT2D eigenvalue weighted by Crippen LogP contribution is 2.24. The molecule has 6 heteroatoms. The maximum atomic E-state index is 12.0. The van der Waals surface area contributed by atoms with Gasteiger partial charge in [-0.15, -0.1) is 11.8 Å². The van der Waals surface area contributed by atoms with Gasteiger partial charge in [0.1, 0.15) is 0 Å². The molecule has 1 rings (SSSR count). The minimum absolute atomic E-state index is 0.330. The van der Waals surface area contributed by atoms with E-state index in [1.807, 2.05) is 18.2 Å². The first kappa shape index (κ1) is 19.4. The van der Waals surface area contributed by atoms with Crippen LogP contribution in [0.25, 0.3) is 0 Å². The van der Waals surface area contributed by atoms with Gasteiger partial charge in [-0.1, -0.05) is 44.6 Å². The molecule has 0 aliphatic carbocycles. The van der Waals surface area contributed by atoms with Crippen LogP contribution in [-0.4, -0.2) is 24.4 Å². The largest absolute Gasteiger partial charge is 0.471 e. The maximum Gasteiger partial charge on any atom is 0.471 e. The summed E-state index contributed by atoms with van der Waals surface area (Å²) in [5.74, 6) is 5.03. The zero-order chi connectivity index (χ0) is 17.3. The number of amides is 1. The molecule has 0 unspecified atom stereocenters. The molecule has 1 N–H and O–H groups in total. The minimum atomic E-state index is -4.87. The second-order valence-corrected chi connectivity index (χ2v) is 6.10. The first-order chi connectivity index (χ1) is 10.9. The summed E-state index contributed by atoms with van der Waals surface area (Å²) >= 11 is 1.75. The number of thioether (sulfide) groups is 1. The van der Waals surface area contributed by atoms with E-state index in [0.29, 0.717) is 5.92 Å². The Bertz CT molecular complexity index is 571. The first-order valence-corrected chi connectivity index (χ1v) is 8.42. The van der Waals surface area contributed by atoms with Crippen molar-refractivity contribution >= 4 is 17.7 Å². The molecule has 1 aromatic carbocycles. The maximum absolute atomic E-state index is 12.0. The van der Waals surface area contributed by atoms with Gasteiger partial charge in [-0.25, -0.2) is 0 Å². The zero-order valence-electron chi connectivity index (χ0n) is 13.2. The van der Waals surface area contributed by atoms with Crippen molar-refractivity contribution in [1.82, 2.24) is 5.32 Å². The van der Waals surface area contributed by atoms with Gasteiger partial charge < -0.3 is 5.32 Å². The van der Waals surface area contributed by atoms with E-state index in [4.69, 9.17) is 0 Å². The third-order valence-corrected chi connectivity index (χ3v) is 4.53. The van der Waals surface area contributed by atoms with Gasteiger partial charge in [0.2, 0.25) is 0 Å². The molecule has 0 aliphatic rings. The van der Waals surface area contributed by atoms with Crippen molar-refractivity contribution < 1.29 is 18.0 Å². The van der Waals surface area contributed by atoms with Crippen molar-refractivity contribution in [3.63, 3.8) is 0 Å². The summed E-state index contributed by atoms with van der Waals surface area (Å²) in [5, 5.41) is 1.72. The summed E-state index contributed by atoms with van der Waals surface area (Å²) in [6.07, 6.45) is -2.59. The van der Waals surface area contributed by atoms with E-state index in [2.05, 4.69) is 25.7 Å². The summed E-state index contributed by atoms with van der Waals surface area (Å²) in [5.41, 5.74) is 0.723. The van der Waals surface area contributed by atoms with Crippen molar-refractivity contribution in [2.45, 2.75) is 37.8 Å². The predicted molar refractivity (Wildman–Crippen MR) is 87.2 cm³/mol. The SMILES string of the molecule is CCC(CC)CSc1cccc(C#CCNC(=O)C(F)(F)F)c1. The van der Waals surface area contributed by atoms with Crippen LogP contribution in [0.5, 0.6) is 0 Å². The first-order valence-electron chi connectivity index (χ1n) is 7.43. The molecule has 0 radical (unpaired) electrons. The van der Waals surface area contributed by atoms with Crippen molar-refractivity contribution in [3.8, 4) is 11.8 Å². The number of halogens is 3. The van der Waals surface area contributed by atoms with Crippen LogP contribution in [0.1, 0.15) is 32.3 Å². The van der Waals surface area contributed by atoms with Crippen LogP contribution in [0.3, 0.4) is 0 Å². The summed E-state index contributed by atoms with van der Waals surface area (Å²) < 4.78 is 36.0. The number of rotatable bonds is 6. The van der Waals surface area contributed by atoms with E-state index in [1.165, 1.54) is 0 Å². The summed E-state index contributed by atoms with van der Waals surface area (Å²) in [6, 6.07) is 7.56. The quantitative estimate of drug-likeness (QED) is 0.618. The van der Waals surface area contributed by atoms with Crippen LogP contribution >= 0.6 is 11.8 Å². The number of carbonyl (C=O) groups is 1. The second-order valence-electron chi connectivity index (χ2n) is 5.00. The number of nitrogens with one attached hydrogen (secondary N) is 1. The molecular formula is C17H20F3NOS. The lowest BCUT2D eigenvalue weighted by atomic mass is 10.1. The van der Waals surface area contributed by atoms with Crippen molar-refractivity contribution in [2.75, 3.05) is 12.3 Å². The Kier molecular flexibility index (Phi) is 8.04. The van der Waals surface area contributed by atoms with Crippen LogP contribution < -0.4 is 5.32 Å². The van der Waals surface area contributed by atoms with E-state index in [9.17, 15) is 18.0 Å². The van der Waals surface area contributed by atoms with E-state index in [-0.39, 0.29) is 6.54 Å². The Morgan fingerprint density at radius 3 is 2.61 bits per heavy atom. The number of carbonyl (C=O) groups excluding carboxylic acids is 1. The van der Waals surface area contributed by atoms with Crippen molar-refractivity contribution in [3.05, 3.63) is 29.8 Å². The fourth-order valence-electron chi connectivity index (χ4n) is 1.77. The molecule has 2 nitrogen and oxygen atoms in total. The highest BCUT2D eigenvalue weighted by atomic mass is 32.2. The van der Waals surface area contributed by atoms with Crippen molar-refractivity contribution in [2.24, 2.45) is 5.92 Å². The van der Waals surface area contributed by atoms with Gasteiger partial charge in [-0.05, 0) is 24.1 Å². The average molecular weight is 343 g/mol. The van der Waals surface area contributed by atoms with E-state index in [0.717, 1.165) is 29.1 Å². The van der Waals surface area contributed by atoms with E-state index in [1.54, 1.807) is 23.1 Å². The molecule has 0 bridgehead atoms. The molecule has 0 heterocycles. The van der Waals surface area contributed by atoms with Gasteiger partial charge in [0.05, 0.1) is 6.54 Å².